The van der Waals surface area contributed by atoms with Gasteiger partial charge in [-0.05, 0) is 19.3 Å². The van der Waals surface area contributed by atoms with Gasteiger partial charge in [0.05, 0.1) is 18.8 Å². The summed E-state index contributed by atoms with van der Waals surface area (Å²) in [5.41, 5.74) is 0. The van der Waals surface area contributed by atoms with Crippen molar-refractivity contribution in [3.8, 4) is 0 Å². The molecule has 38 heavy (non-hydrogen) atoms. The summed E-state index contributed by atoms with van der Waals surface area (Å²) < 4.78 is 0. The number of nitrogens with one attached hydrogen (secondary N) is 1. The summed E-state index contributed by atoms with van der Waals surface area (Å²) >= 11 is 0. The number of allylic oxidation sites excluding steroid dienone is 1. The maximum atomic E-state index is 12.3. The van der Waals surface area contributed by atoms with Gasteiger partial charge in [-0.15, -0.1) is 0 Å². The normalized spacial score (nSPS) is 13.3. The number of unbranched alkanes of at least 4 members (excludes halogenated alkanes) is 23. The van der Waals surface area contributed by atoms with Crippen LogP contribution in [0.4, 0.5) is 0 Å². The van der Waals surface area contributed by atoms with Crippen LogP contribution in [0.2, 0.25) is 0 Å². The fourth-order valence-electron chi connectivity index (χ4n) is 5.12. The minimum absolute atomic E-state index is 0.0647. The van der Waals surface area contributed by atoms with E-state index in [1.54, 1.807) is 6.08 Å². The van der Waals surface area contributed by atoms with Crippen LogP contribution in [0.1, 0.15) is 181 Å². The van der Waals surface area contributed by atoms with E-state index in [9.17, 15) is 15.0 Å². The second-order valence-electron chi connectivity index (χ2n) is 11.6. The highest BCUT2D eigenvalue weighted by Crippen LogP contribution is 2.14. The molecule has 0 saturated heterocycles. The Labute approximate surface area is 237 Å². The second kappa shape index (κ2) is 30.7. The van der Waals surface area contributed by atoms with Crippen molar-refractivity contribution >= 4 is 5.91 Å². The van der Waals surface area contributed by atoms with Gasteiger partial charge in [0.15, 0.2) is 0 Å². The molecule has 2 atom stereocenters. The predicted octanol–water partition coefficient (Wildman–Crippen LogP) is 9.56. The topological polar surface area (TPSA) is 69.6 Å². The van der Waals surface area contributed by atoms with E-state index in [0.717, 1.165) is 25.7 Å². The first-order chi connectivity index (χ1) is 18.7. The number of hydrogen-bond acceptors (Lipinski definition) is 3. The Bertz CT molecular complexity index is 508. The van der Waals surface area contributed by atoms with E-state index in [-0.39, 0.29) is 12.5 Å². The van der Waals surface area contributed by atoms with Crippen molar-refractivity contribution < 1.29 is 15.0 Å². The molecule has 0 aromatic rings. The molecule has 0 unspecified atom stereocenters. The molecule has 0 aliphatic carbocycles. The minimum atomic E-state index is -0.830. The molecule has 0 fully saturated rings. The number of carbonyl (C=O) groups excluding carboxylic acids is 1. The summed E-state index contributed by atoms with van der Waals surface area (Å²) in [6.07, 6.45) is 35.7. The lowest BCUT2D eigenvalue weighted by Gasteiger charge is -2.20. The predicted molar refractivity (Wildman–Crippen MR) is 166 cm³/mol. The minimum Gasteiger partial charge on any atom is -0.394 e. The molecule has 0 aromatic carbocycles. The summed E-state index contributed by atoms with van der Waals surface area (Å²) in [6.45, 7) is 4.29. The van der Waals surface area contributed by atoms with Crippen LogP contribution in [0.15, 0.2) is 12.2 Å². The Hall–Kier alpha value is -0.870. The monoisotopic (exact) mass is 538 g/mol. The number of carbonyl (C=O) groups is 1. The van der Waals surface area contributed by atoms with Gasteiger partial charge in [0.25, 0.3) is 0 Å². The van der Waals surface area contributed by atoms with Crippen molar-refractivity contribution in [2.45, 2.75) is 193 Å². The van der Waals surface area contributed by atoms with Crippen molar-refractivity contribution in [2.75, 3.05) is 6.61 Å². The Morgan fingerprint density at radius 2 is 0.974 bits per heavy atom. The van der Waals surface area contributed by atoms with Crippen LogP contribution in [-0.2, 0) is 4.79 Å². The SMILES string of the molecule is CCCCCCCCCCC/C=C/[C@@H](O)[C@H](CO)NC(=O)CCCCCCCCCCCCCCCCC. The van der Waals surface area contributed by atoms with Crippen LogP contribution in [0.25, 0.3) is 0 Å². The van der Waals surface area contributed by atoms with Crippen molar-refractivity contribution in [3.63, 3.8) is 0 Å². The highest BCUT2D eigenvalue weighted by atomic mass is 16.3. The zero-order valence-corrected chi connectivity index (χ0v) is 25.7. The first kappa shape index (κ1) is 37.1. The zero-order chi connectivity index (χ0) is 27.9. The number of aliphatic hydroxyl groups is 2. The van der Waals surface area contributed by atoms with Crippen molar-refractivity contribution in [1.82, 2.24) is 5.32 Å². The molecule has 0 heterocycles. The van der Waals surface area contributed by atoms with Crippen LogP contribution in [-0.4, -0.2) is 34.9 Å². The van der Waals surface area contributed by atoms with E-state index >= 15 is 0 Å². The Balaban J connectivity index is 3.61. The first-order valence-corrected chi connectivity index (χ1v) is 16.9. The summed E-state index contributed by atoms with van der Waals surface area (Å²) in [7, 11) is 0. The summed E-state index contributed by atoms with van der Waals surface area (Å²) in [6, 6.07) is -0.613. The van der Waals surface area contributed by atoms with Gasteiger partial charge in [-0.2, -0.15) is 0 Å². The first-order valence-electron chi connectivity index (χ1n) is 16.9. The Morgan fingerprint density at radius 1 is 0.605 bits per heavy atom. The molecule has 4 heteroatoms. The number of aliphatic hydroxyl groups excluding tert-OH is 2. The molecule has 0 saturated carbocycles. The highest BCUT2D eigenvalue weighted by molar-refractivity contribution is 5.76. The summed E-state index contributed by atoms with van der Waals surface area (Å²) in [4.78, 5) is 12.3. The summed E-state index contributed by atoms with van der Waals surface area (Å²) in [5, 5.41) is 22.8. The molecule has 0 rings (SSSR count). The molecular weight excluding hydrogens is 470 g/mol. The average Bonchev–Trinajstić information content (AvgIpc) is 2.92. The van der Waals surface area contributed by atoms with E-state index in [1.807, 2.05) is 6.08 Å². The van der Waals surface area contributed by atoms with Crippen LogP contribution in [0.5, 0.6) is 0 Å². The molecule has 0 bridgehead atoms. The second-order valence-corrected chi connectivity index (χ2v) is 11.6. The van der Waals surface area contributed by atoms with Crippen LogP contribution in [0.3, 0.4) is 0 Å². The third-order valence-corrected chi connectivity index (χ3v) is 7.77. The molecular formula is C34H67NO3. The number of hydrogen-bond donors (Lipinski definition) is 3. The number of amides is 1. The zero-order valence-electron chi connectivity index (χ0n) is 25.7. The molecule has 0 aromatic heterocycles. The lowest BCUT2D eigenvalue weighted by Crippen LogP contribution is -2.45. The molecule has 1 amide bonds. The fraction of sp³-hybridized carbons (Fsp3) is 0.912. The Morgan fingerprint density at radius 3 is 1.37 bits per heavy atom. The average molecular weight is 538 g/mol. The van der Waals surface area contributed by atoms with E-state index in [2.05, 4.69) is 19.2 Å². The number of rotatable bonds is 30. The maximum absolute atomic E-state index is 12.3. The van der Waals surface area contributed by atoms with Gasteiger partial charge in [-0.25, -0.2) is 0 Å². The van der Waals surface area contributed by atoms with Crippen molar-refractivity contribution in [3.05, 3.63) is 12.2 Å². The van der Waals surface area contributed by atoms with E-state index < -0.39 is 12.1 Å². The van der Waals surface area contributed by atoms with Gasteiger partial charge in [0.2, 0.25) is 5.91 Å². The van der Waals surface area contributed by atoms with E-state index in [1.165, 1.54) is 135 Å². The van der Waals surface area contributed by atoms with Gasteiger partial charge >= 0.3 is 0 Å². The molecule has 0 aliphatic heterocycles. The molecule has 3 N–H and O–H groups in total. The van der Waals surface area contributed by atoms with Crippen LogP contribution < -0.4 is 5.32 Å². The summed E-state index contributed by atoms with van der Waals surface area (Å²) in [5.74, 6) is -0.0647. The lowest BCUT2D eigenvalue weighted by atomic mass is 10.0. The van der Waals surface area contributed by atoms with Crippen LogP contribution in [0, 0.1) is 0 Å². The lowest BCUT2D eigenvalue weighted by molar-refractivity contribution is -0.123. The van der Waals surface area contributed by atoms with Crippen molar-refractivity contribution in [2.24, 2.45) is 0 Å². The molecule has 226 valence electrons. The quantitative estimate of drug-likeness (QED) is 0.0631. The van der Waals surface area contributed by atoms with E-state index in [0.29, 0.717) is 6.42 Å². The molecule has 0 aliphatic rings. The smallest absolute Gasteiger partial charge is 0.220 e. The largest absolute Gasteiger partial charge is 0.394 e. The van der Waals surface area contributed by atoms with E-state index in [4.69, 9.17) is 0 Å². The third-order valence-electron chi connectivity index (χ3n) is 7.77. The van der Waals surface area contributed by atoms with Gasteiger partial charge < -0.3 is 15.5 Å². The third kappa shape index (κ3) is 26.7. The fourth-order valence-corrected chi connectivity index (χ4v) is 5.12. The highest BCUT2D eigenvalue weighted by Gasteiger charge is 2.17. The maximum Gasteiger partial charge on any atom is 0.220 e. The van der Waals surface area contributed by atoms with Gasteiger partial charge in [0, 0.05) is 6.42 Å². The van der Waals surface area contributed by atoms with Gasteiger partial charge in [0.1, 0.15) is 0 Å². The van der Waals surface area contributed by atoms with Crippen LogP contribution >= 0.6 is 0 Å². The Kier molecular flexibility index (Phi) is 30.0. The van der Waals surface area contributed by atoms with Crippen molar-refractivity contribution in [1.29, 1.82) is 0 Å². The molecule has 4 nitrogen and oxygen atoms in total. The standard InChI is InChI=1S/C34H67NO3/c1-3-5-7-9-11-13-15-16-17-18-20-22-24-26-28-30-34(38)35-32(31-36)33(37)29-27-25-23-21-19-14-12-10-8-6-4-2/h27,29,32-33,36-37H,3-26,28,30-31H2,1-2H3,(H,35,38)/b29-27+/t32-,33+/m0/s1. The van der Waals surface area contributed by atoms with Gasteiger partial charge in [-0.3, -0.25) is 4.79 Å². The molecule has 0 spiro atoms. The van der Waals surface area contributed by atoms with Gasteiger partial charge in [-0.1, -0.05) is 167 Å². The molecule has 0 radical (unpaired) electrons.